The minimum Gasteiger partial charge on any atom is -0.331 e. The lowest BCUT2D eigenvalue weighted by molar-refractivity contribution is 0.102. The normalized spacial score (nSPS) is 10.8. The molecule has 3 rings (SSSR count). The highest BCUT2D eigenvalue weighted by Crippen LogP contribution is 2.22. The number of aromatic nitrogens is 3. The highest BCUT2D eigenvalue weighted by molar-refractivity contribution is 6.31. The number of rotatable bonds is 2. The summed E-state index contributed by atoms with van der Waals surface area (Å²) in [5.41, 5.74) is 1.22. The number of carbonyl (C=O) groups excluding carboxylic acids is 1. The molecule has 0 N–H and O–H groups in total. The van der Waals surface area contributed by atoms with Crippen molar-refractivity contribution < 1.29 is 4.79 Å². The lowest BCUT2D eigenvalue weighted by atomic mass is 10.1. The van der Waals surface area contributed by atoms with E-state index in [1.807, 2.05) is 24.3 Å². The van der Waals surface area contributed by atoms with Crippen LogP contribution in [0.4, 0.5) is 0 Å². The van der Waals surface area contributed by atoms with Gasteiger partial charge in [-0.1, -0.05) is 29.8 Å². The van der Waals surface area contributed by atoms with Crippen molar-refractivity contribution in [1.82, 2.24) is 14.5 Å². The molecule has 0 atom stereocenters. The predicted molar refractivity (Wildman–Crippen MR) is 73.4 cm³/mol. The number of imidazole rings is 1. The SMILES string of the molecule is Cn1ccnc1C(=O)c1cc(Cl)nc2ccccc12. The van der Waals surface area contributed by atoms with Gasteiger partial charge in [0.15, 0.2) is 5.82 Å². The Morgan fingerprint density at radius 1 is 1.32 bits per heavy atom. The van der Waals surface area contributed by atoms with Crippen LogP contribution in [0.5, 0.6) is 0 Å². The van der Waals surface area contributed by atoms with Crippen LogP contribution in [-0.2, 0) is 7.05 Å². The van der Waals surface area contributed by atoms with Crippen molar-refractivity contribution >= 4 is 28.3 Å². The topological polar surface area (TPSA) is 47.8 Å². The number of hydrogen-bond donors (Lipinski definition) is 0. The number of halogens is 1. The first-order chi connectivity index (χ1) is 9.16. The smallest absolute Gasteiger partial charge is 0.229 e. The summed E-state index contributed by atoms with van der Waals surface area (Å²) in [6, 6.07) is 9.00. The summed E-state index contributed by atoms with van der Waals surface area (Å²) in [5.74, 6) is 0.223. The molecule has 2 aromatic heterocycles. The summed E-state index contributed by atoms with van der Waals surface area (Å²) in [6.45, 7) is 0. The zero-order valence-electron chi connectivity index (χ0n) is 10.2. The second-order valence-corrected chi connectivity index (χ2v) is 4.59. The van der Waals surface area contributed by atoms with Crippen molar-refractivity contribution in [2.45, 2.75) is 0 Å². The molecule has 0 spiro atoms. The minimum atomic E-state index is -0.159. The Kier molecular flexibility index (Phi) is 2.80. The van der Waals surface area contributed by atoms with Crippen LogP contribution in [0, 0.1) is 0 Å². The predicted octanol–water partition coefficient (Wildman–Crippen LogP) is 2.85. The summed E-state index contributed by atoms with van der Waals surface area (Å²) in [7, 11) is 1.78. The molecule has 0 amide bonds. The van der Waals surface area contributed by atoms with Crippen molar-refractivity contribution in [3.63, 3.8) is 0 Å². The maximum Gasteiger partial charge on any atom is 0.229 e. The number of pyridine rings is 1. The summed E-state index contributed by atoms with van der Waals surface area (Å²) in [5, 5.41) is 1.08. The van der Waals surface area contributed by atoms with Crippen LogP contribution >= 0.6 is 11.6 Å². The van der Waals surface area contributed by atoms with Gasteiger partial charge >= 0.3 is 0 Å². The highest BCUT2D eigenvalue weighted by Gasteiger charge is 2.17. The first kappa shape index (κ1) is 11.9. The van der Waals surface area contributed by atoms with Gasteiger partial charge in [-0.3, -0.25) is 4.79 Å². The Labute approximate surface area is 114 Å². The highest BCUT2D eigenvalue weighted by atomic mass is 35.5. The molecule has 0 fully saturated rings. The van der Waals surface area contributed by atoms with Gasteiger partial charge in [0, 0.05) is 30.4 Å². The Morgan fingerprint density at radius 3 is 2.84 bits per heavy atom. The van der Waals surface area contributed by atoms with E-state index >= 15 is 0 Å². The molecule has 0 radical (unpaired) electrons. The van der Waals surface area contributed by atoms with Crippen molar-refractivity contribution in [2.24, 2.45) is 7.05 Å². The molecule has 3 aromatic rings. The molecule has 0 bridgehead atoms. The maximum absolute atomic E-state index is 12.5. The van der Waals surface area contributed by atoms with Gasteiger partial charge in [0.25, 0.3) is 0 Å². The number of aryl methyl sites for hydroxylation is 1. The van der Waals surface area contributed by atoms with E-state index in [0.717, 1.165) is 5.39 Å². The molecule has 0 aliphatic carbocycles. The number of carbonyl (C=O) groups is 1. The van der Waals surface area contributed by atoms with Crippen LogP contribution < -0.4 is 0 Å². The fourth-order valence-electron chi connectivity index (χ4n) is 2.04. The van der Waals surface area contributed by atoms with Gasteiger partial charge in [-0.15, -0.1) is 0 Å². The van der Waals surface area contributed by atoms with Crippen molar-refractivity contribution in [3.05, 3.63) is 59.3 Å². The standard InChI is InChI=1S/C14H10ClN3O/c1-18-7-6-16-14(18)13(19)10-8-12(15)17-11-5-3-2-4-9(10)11/h2-8H,1H3. The lowest BCUT2D eigenvalue weighted by Gasteiger charge is -2.06. The molecule has 0 aliphatic heterocycles. The number of hydrogen-bond acceptors (Lipinski definition) is 3. The molecule has 4 nitrogen and oxygen atoms in total. The number of benzene rings is 1. The van der Waals surface area contributed by atoms with Crippen LogP contribution in [0.2, 0.25) is 5.15 Å². The third-order valence-electron chi connectivity index (χ3n) is 2.95. The number of ketones is 1. The molecular formula is C14H10ClN3O. The van der Waals surface area contributed by atoms with Crippen LogP contribution in [0.25, 0.3) is 10.9 Å². The van der Waals surface area contributed by atoms with E-state index in [1.54, 1.807) is 30.1 Å². The van der Waals surface area contributed by atoms with E-state index in [4.69, 9.17) is 11.6 Å². The number of fused-ring (bicyclic) bond motifs is 1. The molecule has 5 heteroatoms. The van der Waals surface area contributed by atoms with Crippen LogP contribution in [0.15, 0.2) is 42.7 Å². The first-order valence-electron chi connectivity index (χ1n) is 5.74. The van der Waals surface area contributed by atoms with Gasteiger partial charge in [0.2, 0.25) is 5.78 Å². The van der Waals surface area contributed by atoms with Crippen molar-refractivity contribution in [3.8, 4) is 0 Å². The average Bonchev–Trinajstić information content (AvgIpc) is 2.83. The van der Waals surface area contributed by atoms with Crippen LogP contribution in [0.3, 0.4) is 0 Å². The van der Waals surface area contributed by atoms with Gasteiger partial charge in [-0.05, 0) is 12.1 Å². The van der Waals surface area contributed by atoms with E-state index in [1.165, 1.54) is 0 Å². The lowest BCUT2D eigenvalue weighted by Crippen LogP contribution is -2.09. The molecule has 0 unspecified atom stereocenters. The van der Waals surface area contributed by atoms with E-state index in [-0.39, 0.29) is 5.78 Å². The zero-order chi connectivity index (χ0) is 13.4. The second-order valence-electron chi connectivity index (χ2n) is 4.20. The fraction of sp³-hybridized carbons (Fsp3) is 0.0714. The van der Waals surface area contributed by atoms with Crippen molar-refractivity contribution in [2.75, 3.05) is 0 Å². The van der Waals surface area contributed by atoms with Gasteiger partial charge in [-0.25, -0.2) is 9.97 Å². The monoisotopic (exact) mass is 271 g/mol. The van der Waals surface area contributed by atoms with E-state index < -0.39 is 0 Å². The molecule has 94 valence electrons. The van der Waals surface area contributed by atoms with Crippen molar-refractivity contribution in [1.29, 1.82) is 0 Å². The molecule has 0 aliphatic rings. The molecule has 19 heavy (non-hydrogen) atoms. The number of para-hydroxylation sites is 1. The van der Waals surface area contributed by atoms with Crippen LogP contribution in [0.1, 0.15) is 16.2 Å². The molecule has 0 saturated carbocycles. The average molecular weight is 272 g/mol. The summed E-state index contributed by atoms with van der Waals surface area (Å²) < 4.78 is 1.69. The zero-order valence-corrected chi connectivity index (χ0v) is 10.9. The third kappa shape index (κ3) is 2.00. The molecule has 0 saturated heterocycles. The summed E-state index contributed by atoms with van der Waals surface area (Å²) in [4.78, 5) is 20.8. The van der Waals surface area contributed by atoms with E-state index in [2.05, 4.69) is 9.97 Å². The van der Waals surface area contributed by atoms with E-state index in [0.29, 0.717) is 22.1 Å². The Bertz CT molecular complexity index is 779. The maximum atomic E-state index is 12.5. The Hall–Kier alpha value is -2.20. The second kappa shape index (κ2) is 4.48. The van der Waals surface area contributed by atoms with Gasteiger partial charge < -0.3 is 4.57 Å². The number of nitrogens with zero attached hydrogens (tertiary/aromatic N) is 3. The Morgan fingerprint density at radius 2 is 2.11 bits per heavy atom. The summed E-state index contributed by atoms with van der Waals surface area (Å²) >= 11 is 5.98. The molecular weight excluding hydrogens is 262 g/mol. The third-order valence-corrected chi connectivity index (χ3v) is 3.15. The first-order valence-corrected chi connectivity index (χ1v) is 6.12. The van der Waals surface area contributed by atoms with Gasteiger partial charge in [0.05, 0.1) is 5.52 Å². The molecule has 2 heterocycles. The fourth-order valence-corrected chi connectivity index (χ4v) is 2.24. The van der Waals surface area contributed by atoms with Crippen LogP contribution in [-0.4, -0.2) is 20.3 Å². The minimum absolute atomic E-state index is 0.159. The molecule has 1 aromatic carbocycles. The van der Waals surface area contributed by atoms with Gasteiger partial charge in [0.1, 0.15) is 5.15 Å². The van der Waals surface area contributed by atoms with Gasteiger partial charge in [-0.2, -0.15) is 0 Å². The summed E-state index contributed by atoms with van der Waals surface area (Å²) in [6.07, 6.45) is 3.33. The Balaban J connectivity index is 2.25. The quantitative estimate of drug-likeness (QED) is 0.532. The van der Waals surface area contributed by atoms with E-state index in [9.17, 15) is 4.79 Å². The largest absolute Gasteiger partial charge is 0.331 e.